The van der Waals surface area contributed by atoms with Gasteiger partial charge in [0, 0.05) is 25.4 Å². The van der Waals surface area contributed by atoms with Gasteiger partial charge in [0.15, 0.2) is 0 Å². The molecule has 148 valence electrons. The van der Waals surface area contributed by atoms with E-state index < -0.39 is 5.54 Å². The van der Waals surface area contributed by atoms with Gasteiger partial charge in [0.2, 0.25) is 5.91 Å². The number of likely N-dealkylation sites (tertiary alicyclic amines) is 1. The molecule has 3 heterocycles. The van der Waals surface area contributed by atoms with Crippen molar-refractivity contribution in [2.45, 2.75) is 44.7 Å². The summed E-state index contributed by atoms with van der Waals surface area (Å²) in [5.74, 6) is 0.535. The smallest absolute Gasteiger partial charge is 0.242 e. The zero-order valence-electron chi connectivity index (χ0n) is 16.6. The number of nitrogens with one attached hydrogen (secondary N) is 1. The second-order valence-electron chi connectivity index (χ2n) is 7.79. The van der Waals surface area contributed by atoms with Crippen molar-refractivity contribution in [2.24, 2.45) is 0 Å². The van der Waals surface area contributed by atoms with Crippen LogP contribution < -0.4 is 10.1 Å². The summed E-state index contributed by atoms with van der Waals surface area (Å²) in [6.07, 6.45) is 4.32. The molecule has 2 aliphatic rings. The number of hydrogen-bond acceptors (Lipinski definition) is 4. The van der Waals surface area contributed by atoms with Crippen LogP contribution in [0.5, 0.6) is 5.75 Å². The number of benzene rings is 1. The van der Waals surface area contributed by atoms with Crippen LogP contribution in [0, 0.1) is 12.7 Å². The predicted octanol–water partition coefficient (Wildman–Crippen LogP) is 3.62. The number of pyridine rings is 1. The molecule has 2 aliphatic heterocycles. The summed E-state index contributed by atoms with van der Waals surface area (Å²) in [6, 6.07) is 6.61. The molecule has 1 N–H and O–H groups in total. The fraction of sp³-hybridized carbons (Fsp3) is 0.455. The van der Waals surface area contributed by atoms with E-state index in [1.54, 1.807) is 11.0 Å². The molecule has 1 amide bonds. The zero-order valence-corrected chi connectivity index (χ0v) is 16.6. The first-order chi connectivity index (χ1) is 13.4. The third-order valence-corrected chi connectivity index (χ3v) is 5.95. The van der Waals surface area contributed by atoms with Crippen molar-refractivity contribution < 1.29 is 13.9 Å². The normalized spacial score (nSPS) is 24.4. The van der Waals surface area contributed by atoms with Crippen LogP contribution in [0.15, 0.2) is 30.5 Å². The molecule has 0 saturated carbocycles. The predicted molar refractivity (Wildman–Crippen MR) is 106 cm³/mol. The van der Waals surface area contributed by atoms with Crippen molar-refractivity contribution in [3.8, 4) is 16.9 Å². The van der Waals surface area contributed by atoms with Crippen molar-refractivity contribution >= 4 is 5.91 Å². The molecule has 28 heavy (non-hydrogen) atoms. The van der Waals surface area contributed by atoms with Gasteiger partial charge in [-0.25, -0.2) is 4.39 Å². The topological polar surface area (TPSA) is 54.5 Å². The fourth-order valence-corrected chi connectivity index (χ4v) is 4.40. The maximum atomic E-state index is 14.0. The van der Waals surface area contributed by atoms with Gasteiger partial charge in [-0.15, -0.1) is 0 Å². The molecule has 0 bridgehead atoms. The van der Waals surface area contributed by atoms with Crippen molar-refractivity contribution in [2.75, 3.05) is 20.2 Å². The molecule has 2 atom stereocenters. The average molecular weight is 383 g/mol. The molecule has 0 unspecified atom stereocenters. The second kappa shape index (κ2) is 7.17. The van der Waals surface area contributed by atoms with Gasteiger partial charge in [-0.3, -0.25) is 15.1 Å². The van der Waals surface area contributed by atoms with E-state index in [1.807, 2.05) is 33.2 Å². The number of hydrogen-bond donors (Lipinski definition) is 1. The number of nitrogens with zero attached hydrogens (tertiary/aromatic N) is 2. The van der Waals surface area contributed by atoms with E-state index in [0.717, 1.165) is 48.2 Å². The number of aromatic nitrogens is 1. The molecule has 0 radical (unpaired) electrons. The molecule has 1 spiro atoms. The van der Waals surface area contributed by atoms with Gasteiger partial charge in [0.25, 0.3) is 0 Å². The van der Waals surface area contributed by atoms with Crippen LogP contribution in [0.3, 0.4) is 0 Å². The van der Waals surface area contributed by atoms with Gasteiger partial charge in [0.1, 0.15) is 17.1 Å². The van der Waals surface area contributed by atoms with Gasteiger partial charge >= 0.3 is 0 Å². The number of rotatable bonds is 4. The summed E-state index contributed by atoms with van der Waals surface area (Å²) in [5.41, 5.74) is 3.02. The molecular formula is C22H26FN3O2. The summed E-state index contributed by atoms with van der Waals surface area (Å²) in [6.45, 7) is 5.17. The minimum absolute atomic E-state index is 0.0129. The van der Waals surface area contributed by atoms with Crippen LogP contribution in [-0.4, -0.2) is 41.5 Å². The monoisotopic (exact) mass is 383 g/mol. The molecule has 4 rings (SSSR count). The summed E-state index contributed by atoms with van der Waals surface area (Å²) >= 11 is 0. The molecule has 5 nitrogen and oxygen atoms in total. The number of likely N-dealkylation sites (N-methyl/N-ethyl adjacent to an activating group) is 1. The number of ether oxygens (including phenoxy) is 1. The van der Waals surface area contributed by atoms with E-state index in [-0.39, 0.29) is 17.8 Å². The molecule has 1 aromatic heterocycles. The van der Waals surface area contributed by atoms with E-state index in [1.165, 1.54) is 12.1 Å². The van der Waals surface area contributed by atoms with Crippen molar-refractivity contribution in [1.29, 1.82) is 0 Å². The summed E-state index contributed by atoms with van der Waals surface area (Å²) < 4.78 is 19.7. The Bertz CT molecular complexity index is 917. The Hall–Kier alpha value is -2.47. The zero-order chi connectivity index (χ0) is 19.9. The van der Waals surface area contributed by atoms with Crippen molar-refractivity contribution in [1.82, 2.24) is 15.2 Å². The van der Waals surface area contributed by atoms with E-state index in [4.69, 9.17) is 4.74 Å². The Morgan fingerprint density at radius 1 is 1.32 bits per heavy atom. The molecule has 6 heteroatoms. The highest BCUT2D eigenvalue weighted by molar-refractivity contribution is 5.88. The first-order valence-corrected chi connectivity index (χ1v) is 9.86. The van der Waals surface area contributed by atoms with E-state index in [0.29, 0.717) is 12.4 Å². The Kier molecular flexibility index (Phi) is 4.83. The fourth-order valence-electron chi connectivity index (χ4n) is 4.40. The lowest BCUT2D eigenvalue weighted by Crippen LogP contribution is -2.47. The van der Waals surface area contributed by atoms with Gasteiger partial charge in [-0.05, 0) is 68.5 Å². The van der Waals surface area contributed by atoms with Crippen LogP contribution in [0.4, 0.5) is 4.39 Å². The number of amides is 1. The lowest BCUT2D eigenvalue weighted by Gasteiger charge is -2.23. The molecule has 2 fully saturated rings. The Morgan fingerprint density at radius 3 is 2.86 bits per heavy atom. The van der Waals surface area contributed by atoms with Crippen LogP contribution in [0.25, 0.3) is 11.1 Å². The SMILES string of the molecule is CCOc1ccc(F)cc1-c1cc([C@@H]2CC[C@@]3(CCN(C)C3=O)N2)ncc1C. The van der Waals surface area contributed by atoms with Crippen LogP contribution >= 0.6 is 0 Å². The molecule has 0 aliphatic carbocycles. The van der Waals surface area contributed by atoms with Gasteiger partial charge in [-0.1, -0.05) is 0 Å². The lowest BCUT2D eigenvalue weighted by molar-refractivity contribution is -0.131. The first kappa shape index (κ1) is 18.9. The van der Waals surface area contributed by atoms with E-state index >= 15 is 0 Å². The number of carbonyl (C=O) groups excluding carboxylic acids is 1. The maximum absolute atomic E-state index is 14.0. The summed E-state index contributed by atoms with van der Waals surface area (Å²) in [7, 11) is 1.85. The van der Waals surface area contributed by atoms with Crippen LogP contribution in [-0.2, 0) is 4.79 Å². The molecule has 2 aromatic rings. The highest BCUT2D eigenvalue weighted by Gasteiger charge is 2.50. The van der Waals surface area contributed by atoms with E-state index in [9.17, 15) is 9.18 Å². The highest BCUT2D eigenvalue weighted by Crippen LogP contribution is 2.40. The second-order valence-corrected chi connectivity index (χ2v) is 7.79. The Morgan fingerprint density at radius 2 is 2.14 bits per heavy atom. The minimum Gasteiger partial charge on any atom is -0.493 e. The van der Waals surface area contributed by atoms with Gasteiger partial charge in [0.05, 0.1) is 18.3 Å². The minimum atomic E-state index is -0.457. The van der Waals surface area contributed by atoms with Gasteiger partial charge in [-0.2, -0.15) is 0 Å². The number of halogens is 1. The van der Waals surface area contributed by atoms with Crippen LogP contribution in [0.1, 0.15) is 43.5 Å². The first-order valence-electron chi connectivity index (χ1n) is 9.86. The van der Waals surface area contributed by atoms with Crippen molar-refractivity contribution in [3.63, 3.8) is 0 Å². The Balaban J connectivity index is 1.68. The molecular weight excluding hydrogens is 357 g/mol. The summed E-state index contributed by atoms with van der Waals surface area (Å²) in [4.78, 5) is 19.0. The number of aryl methyl sites for hydroxylation is 1. The van der Waals surface area contributed by atoms with Crippen LogP contribution in [0.2, 0.25) is 0 Å². The third-order valence-electron chi connectivity index (χ3n) is 5.95. The number of carbonyl (C=O) groups is 1. The highest BCUT2D eigenvalue weighted by atomic mass is 19.1. The molecule has 1 aromatic carbocycles. The lowest BCUT2D eigenvalue weighted by atomic mass is 9.96. The van der Waals surface area contributed by atoms with Gasteiger partial charge < -0.3 is 9.64 Å². The molecule has 2 saturated heterocycles. The Labute approximate surface area is 164 Å². The van der Waals surface area contributed by atoms with E-state index in [2.05, 4.69) is 10.3 Å². The maximum Gasteiger partial charge on any atom is 0.242 e. The standard InChI is InChI=1S/C22H26FN3O2/c1-4-28-20-6-5-15(23)11-17(20)16-12-19(24-13-14(16)2)18-7-8-22(25-18)9-10-26(3)21(22)27/h5-6,11-13,18,25H,4,7-10H2,1-3H3/t18-,22-/m0/s1. The van der Waals surface area contributed by atoms with Crippen molar-refractivity contribution in [3.05, 3.63) is 47.5 Å². The summed E-state index contributed by atoms with van der Waals surface area (Å²) in [5, 5.41) is 3.55. The third kappa shape index (κ3) is 3.15. The largest absolute Gasteiger partial charge is 0.493 e. The quantitative estimate of drug-likeness (QED) is 0.876. The average Bonchev–Trinajstić information content (AvgIpc) is 3.24.